The van der Waals surface area contributed by atoms with Crippen LogP contribution in [0, 0.1) is 18.8 Å². The van der Waals surface area contributed by atoms with E-state index in [1.165, 1.54) is 19.3 Å². The van der Waals surface area contributed by atoms with E-state index in [0.717, 1.165) is 17.7 Å². The van der Waals surface area contributed by atoms with Crippen molar-refractivity contribution < 1.29 is 9.59 Å². The van der Waals surface area contributed by atoms with Crippen LogP contribution in [0.4, 0.5) is 5.69 Å². The van der Waals surface area contributed by atoms with Crippen molar-refractivity contribution >= 4 is 29.1 Å². The van der Waals surface area contributed by atoms with E-state index in [4.69, 9.17) is 11.6 Å². The minimum absolute atomic E-state index is 0.0229. The largest absolute Gasteiger partial charge is 0.371 e. The predicted molar refractivity (Wildman–Crippen MR) is 109 cm³/mol. The molecular formula is C21H30ClN3O2. The van der Waals surface area contributed by atoms with Crippen LogP contribution in [0.15, 0.2) is 12.1 Å². The maximum atomic E-state index is 12.8. The van der Waals surface area contributed by atoms with Crippen molar-refractivity contribution in [2.24, 2.45) is 11.8 Å². The summed E-state index contributed by atoms with van der Waals surface area (Å²) in [5.74, 6) is -0.0942. The first kappa shape index (κ1) is 20.0. The van der Waals surface area contributed by atoms with E-state index >= 15 is 0 Å². The van der Waals surface area contributed by atoms with Gasteiger partial charge in [-0.3, -0.25) is 9.59 Å². The Hall–Kier alpha value is -1.75. The molecule has 0 bridgehead atoms. The summed E-state index contributed by atoms with van der Waals surface area (Å²) in [6.45, 7) is 6.40. The number of benzene rings is 1. The lowest BCUT2D eigenvalue weighted by molar-refractivity contribution is -0.129. The highest BCUT2D eigenvalue weighted by molar-refractivity contribution is 6.31. The zero-order valence-electron chi connectivity index (χ0n) is 16.6. The Kier molecular flexibility index (Phi) is 5.99. The molecule has 1 aliphatic carbocycles. The number of nitrogens with one attached hydrogen (secondary N) is 2. The molecule has 3 atom stereocenters. The highest BCUT2D eigenvalue weighted by Crippen LogP contribution is 2.33. The Bertz CT molecular complexity index is 732. The molecule has 0 aromatic heterocycles. The molecule has 1 aliphatic heterocycles. The molecule has 27 heavy (non-hydrogen) atoms. The van der Waals surface area contributed by atoms with E-state index in [1.807, 2.05) is 19.9 Å². The SMILES string of the molecule is Cc1c(C(=O)NCC2C(=O)NC(C)CC2C)cc(Cl)cc1N(C)C1CCC1. The maximum absolute atomic E-state index is 12.8. The number of hydrogen-bond donors (Lipinski definition) is 2. The Labute approximate surface area is 166 Å². The number of anilines is 1. The number of piperidine rings is 1. The van der Waals surface area contributed by atoms with Crippen LogP contribution in [0.5, 0.6) is 0 Å². The van der Waals surface area contributed by atoms with Gasteiger partial charge in [0.25, 0.3) is 5.91 Å². The van der Waals surface area contributed by atoms with E-state index in [9.17, 15) is 9.59 Å². The summed E-state index contributed by atoms with van der Waals surface area (Å²) in [5.41, 5.74) is 2.52. The molecule has 5 nitrogen and oxygen atoms in total. The van der Waals surface area contributed by atoms with Crippen LogP contribution < -0.4 is 15.5 Å². The van der Waals surface area contributed by atoms with Gasteiger partial charge in [-0.15, -0.1) is 0 Å². The van der Waals surface area contributed by atoms with Crippen LogP contribution in [0.2, 0.25) is 5.02 Å². The highest BCUT2D eigenvalue weighted by Gasteiger charge is 2.32. The summed E-state index contributed by atoms with van der Waals surface area (Å²) in [5, 5.41) is 6.49. The van der Waals surface area contributed by atoms with Gasteiger partial charge in [-0.25, -0.2) is 0 Å². The lowest BCUT2D eigenvalue weighted by Crippen LogP contribution is -2.50. The Morgan fingerprint density at radius 3 is 2.63 bits per heavy atom. The molecule has 1 heterocycles. The van der Waals surface area contributed by atoms with Gasteiger partial charge in [0.2, 0.25) is 5.91 Å². The van der Waals surface area contributed by atoms with Gasteiger partial charge in [-0.05, 0) is 63.1 Å². The summed E-state index contributed by atoms with van der Waals surface area (Å²) < 4.78 is 0. The third kappa shape index (κ3) is 4.23. The fraction of sp³-hybridized carbons (Fsp3) is 0.619. The summed E-state index contributed by atoms with van der Waals surface area (Å²) in [6, 6.07) is 4.37. The molecule has 1 aromatic carbocycles. The van der Waals surface area contributed by atoms with Crippen molar-refractivity contribution in [1.29, 1.82) is 0 Å². The third-order valence-corrected chi connectivity index (χ3v) is 6.43. The first-order chi connectivity index (χ1) is 12.8. The summed E-state index contributed by atoms with van der Waals surface area (Å²) >= 11 is 6.32. The van der Waals surface area contributed by atoms with Gasteiger partial charge in [0.1, 0.15) is 0 Å². The van der Waals surface area contributed by atoms with Gasteiger partial charge in [-0.1, -0.05) is 18.5 Å². The third-order valence-electron chi connectivity index (χ3n) is 6.21. The molecule has 2 fully saturated rings. The van der Waals surface area contributed by atoms with E-state index in [1.54, 1.807) is 6.07 Å². The molecule has 3 unspecified atom stereocenters. The fourth-order valence-corrected chi connectivity index (χ4v) is 4.43. The fourth-order valence-electron chi connectivity index (χ4n) is 4.22. The molecule has 0 radical (unpaired) electrons. The molecule has 1 saturated carbocycles. The molecule has 1 aromatic rings. The predicted octanol–water partition coefficient (Wildman–Crippen LogP) is 3.53. The molecule has 6 heteroatoms. The van der Waals surface area contributed by atoms with Gasteiger partial charge < -0.3 is 15.5 Å². The van der Waals surface area contributed by atoms with Gasteiger partial charge in [0, 0.05) is 41.9 Å². The molecule has 2 aliphatic rings. The summed E-state index contributed by atoms with van der Waals surface area (Å²) in [6.07, 6.45) is 4.54. The minimum Gasteiger partial charge on any atom is -0.371 e. The van der Waals surface area contributed by atoms with Gasteiger partial charge >= 0.3 is 0 Å². The Morgan fingerprint density at radius 1 is 1.33 bits per heavy atom. The molecule has 3 rings (SSSR count). The van der Waals surface area contributed by atoms with Crippen LogP contribution in [-0.2, 0) is 4.79 Å². The monoisotopic (exact) mass is 391 g/mol. The average molecular weight is 392 g/mol. The number of amides is 2. The van der Waals surface area contributed by atoms with Crippen molar-refractivity contribution in [3.63, 3.8) is 0 Å². The summed E-state index contributed by atoms with van der Waals surface area (Å²) in [7, 11) is 2.07. The molecular weight excluding hydrogens is 362 g/mol. The second-order valence-corrected chi connectivity index (χ2v) is 8.67. The minimum atomic E-state index is -0.193. The topological polar surface area (TPSA) is 61.4 Å². The van der Waals surface area contributed by atoms with E-state index in [-0.39, 0.29) is 29.7 Å². The second kappa shape index (κ2) is 8.09. The van der Waals surface area contributed by atoms with Crippen LogP contribution in [0.3, 0.4) is 0 Å². The zero-order chi connectivity index (χ0) is 19.7. The maximum Gasteiger partial charge on any atom is 0.251 e. The van der Waals surface area contributed by atoms with Gasteiger partial charge in [-0.2, -0.15) is 0 Å². The average Bonchev–Trinajstić information content (AvgIpc) is 2.53. The summed E-state index contributed by atoms with van der Waals surface area (Å²) in [4.78, 5) is 27.3. The number of carbonyl (C=O) groups excluding carboxylic acids is 2. The highest BCUT2D eigenvalue weighted by atomic mass is 35.5. The quantitative estimate of drug-likeness (QED) is 0.807. The Balaban J connectivity index is 1.72. The number of nitrogens with zero attached hydrogens (tertiary/aromatic N) is 1. The number of rotatable bonds is 5. The van der Waals surface area contributed by atoms with Crippen LogP contribution >= 0.6 is 11.6 Å². The van der Waals surface area contributed by atoms with Crippen molar-refractivity contribution in [1.82, 2.24) is 10.6 Å². The first-order valence-electron chi connectivity index (χ1n) is 9.89. The van der Waals surface area contributed by atoms with E-state index in [2.05, 4.69) is 29.5 Å². The van der Waals surface area contributed by atoms with E-state index in [0.29, 0.717) is 23.2 Å². The standard InChI is InChI=1S/C21H30ClN3O2/c1-12-8-13(2)24-21(27)18(12)11-23-20(26)17-9-15(22)10-19(14(17)3)25(4)16-6-5-7-16/h9-10,12-13,16,18H,5-8,11H2,1-4H3,(H,23,26)(H,24,27). The van der Waals surface area contributed by atoms with Crippen LogP contribution in [-0.4, -0.2) is 37.5 Å². The van der Waals surface area contributed by atoms with Gasteiger partial charge in [0.05, 0.1) is 5.92 Å². The molecule has 1 saturated heterocycles. The number of halogens is 1. The molecule has 148 valence electrons. The zero-order valence-corrected chi connectivity index (χ0v) is 17.4. The van der Waals surface area contributed by atoms with Crippen molar-refractivity contribution in [2.75, 3.05) is 18.5 Å². The van der Waals surface area contributed by atoms with E-state index < -0.39 is 0 Å². The molecule has 2 N–H and O–H groups in total. The Morgan fingerprint density at radius 2 is 2.04 bits per heavy atom. The normalized spacial score (nSPS) is 25.5. The number of carbonyl (C=O) groups is 2. The van der Waals surface area contributed by atoms with Gasteiger partial charge in [0.15, 0.2) is 0 Å². The lowest BCUT2D eigenvalue weighted by Gasteiger charge is -2.37. The van der Waals surface area contributed by atoms with Crippen molar-refractivity contribution in [3.8, 4) is 0 Å². The number of hydrogen-bond acceptors (Lipinski definition) is 3. The smallest absolute Gasteiger partial charge is 0.251 e. The van der Waals surface area contributed by atoms with Crippen LogP contribution in [0.1, 0.15) is 55.5 Å². The second-order valence-electron chi connectivity index (χ2n) is 8.23. The first-order valence-corrected chi connectivity index (χ1v) is 10.3. The molecule has 2 amide bonds. The molecule has 0 spiro atoms. The van der Waals surface area contributed by atoms with Crippen molar-refractivity contribution in [2.45, 2.75) is 58.5 Å². The van der Waals surface area contributed by atoms with Crippen LogP contribution in [0.25, 0.3) is 0 Å². The lowest BCUT2D eigenvalue weighted by atomic mass is 9.84. The van der Waals surface area contributed by atoms with Crippen molar-refractivity contribution in [3.05, 3.63) is 28.3 Å².